The van der Waals surface area contributed by atoms with E-state index >= 15 is 0 Å². The molecule has 2 amide bonds. The van der Waals surface area contributed by atoms with E-state index in [1.54, 1.807) is 0 Å². The minimum atomic E-state index is -0.326. The van der Waals surface area contributed by atoms with Gasteiger partial charge in [-0.05, 0) is 24.7 Å². The molecule has 1 aliphatic heterocycles. The molecule has 1 N–H and O–H groups in total. The van der Waals surface area contributed by atoms with Gasteiger partial charge in [-0.2, -0.15) is 0 Å². The van der Waals surface area contributed by atoms with Crippen LogP contribution in [0.15, 0.2) is 0 Å². The normalized spacial score (nSPS) is 25.6. The van der Waals surface area contributed by atoms with Crippen molar-refractivity contribution in [2.24, 2.45) is 11.3 Å². The number of aromatic nitrogens is 1. The van der Waals surface area contributed by atoms with Crippen LogP contribution in [0.1, 0.15) is 74.2 Å². The third kappa shape index (κ3) is 3.79. The minimum absolute atomic E-state index is 0.0855. The van der Waals surface area contributed by atoms with Crippen LogP contribution in [0.4, 0.5) is 5.13 Å². The standard InChI is InChI=1S/C20H27N3O3S/c1-20(2)9-14-17(15(24)10-20)27-19(21-14)22-18(26)12-8-16(25)23(11-12)13-6-4-3-5-7-13/h12-13H,3-11H2,1-2H3,(H,21,22,26)/t12-/m0/s1. The lowest BCUT2D eigenvalue weighted by molar-refractivity contribution is -0.130. The summed E-state index contributed by atoms with van der Waals surface area (Å²) in [6.45, 7) is 4.64. The number of nitrogens with zero attached hydrogens (tertiary/aromatic N) is 2. The number of carbonyl (C=O) groups excluding carboxylic acids is 3. The van der Waals surface area contributed by atoms with Crippen LogP contribution >= 0.6 is 11.3 Å². The van der Waals surface area contributed by atoms with Gasteiger partial charge in [0.05, 0.1) is 16.5 Å². The molecule has 0 radical (unpaired) electrons. The number of hydrogen-bond donors (Lipinski definition) is 1. The molecule has 7 heteroatoms. The fraction of sp³-hybridized carbons (Fsp3) is 0.700. The molecular formula is C20H27N3O3S. The van der Waals surface area contributed by atoms with E-state index in [-0.39, 0.29) is 35.4 Å². The molecule has 1 saturated carbocycles. The molecule has 0 bridgehead atoms. The summed E-state index contributed by atoms with van der Waals surface area (Å²) < 4.78 is 0. The van der Waals surface area contributed by atoms with Crippen LogP contribution in [-0.2, 0) is 16.0 Å². The number of anilines is 1. The quantitative estimate of drug-likeness (QED) is 0.859. The number of likely N-dealkylation sites (tertiary alicyclic amines) is 1. The van der Waals surface area contributed by atoms with Crippen molar-refractivity contribution in [3.05, 3.63) is 10.6 Å². The van der Waals surface area contributed by atoms with Crippen LogP contribution in [0.5, 0.6) is 0 Å². The van der Waals surface area contributed by atoms with Gasteiger partial charge in [-0.1, -0.05) is 44.4 Å². The molecule has 4 rings (SSSR count). The number of ketones is 1. The first-order valence-electron chi connectivity index (χ1n) is 9.96. The SMILES string of the molecule is CC1(C)CC(=O)c2sc(NC(=O)[C@H]3CC(=O)N(C4CCCCC4)C3)nc2C1. The lowest BCUT2D eigenvalue weighted by atomic mass is 9.78. The first-order chi connectivity index (χ1) is 12.8. The zero-order chi connectivity index (χ0) is 19.2. The number of amides is 2. The monoisotopic (exact) mass is 389 g/mol. The first kappa shape index (κ1) is 18.6. The molecule has 1 saturated heterocycles. The third-order valence-electron chi connectivity index (χ3n) is 6.01. The summed E-state index contributed by atoms with van der Waals surface area (Å²) in [5.41, 5.74) is 0.709. The molecule has 2 heterocycles. The fourth-order valence-electron chi connectivity index (χ4n) is 4.63. The van der Waals surface area contributed by atoms with Gasteiger partial charge in [-0.25, -0.2) is 4.98 Å². The van der Waals surface area contributed by atoms with Crippen molar-refractivity contribution in [1.29, 1.82) is 0 Å². The Labute approximate surface area is 163 Å². The Kier molecular flexibility index (Phi) is 4.82. The van der Waals surface area contributed by atoms with Crippen molar-refractivity contribution >= 4 is 34.1 Å². The molecule has 2 fully saturated rings. The molecule has 0 aromatic carbocycles. The van der Waals surface area contributed by atoms with E-state index in [9.17, 15) is 14.4 Å². The van der Waals surface area contributed by atoms with Gasteiger partial charge >= 0.3 is 0 Å². The Morgan fingerprint density at radius 3 is 2.67 bits per heavy atom. The number of fused-ring (bicyclic) bond motifs is 1. The predicted octanol–water partition coefficient (Wildman–Crippen LogP) is 3.42. The minimum Gasteiger partial charge on any atom is -0.339 e. The van der Waals surface area contributed by atoms with E-state index in [1.807, 2.05) is 4.90 Å². The van der Waals surface area contributed by atoms with E-state index in [2.05, 4.69) is 24.1 Å². The molecule has 1 aromatic rings. The summed E-state index contributed by atoms with van der Waals surface area (Å²) in [6.07, 6.45) is 7.22. The summed E-state index contributed by atoms with van der Waals surface area (Å²) in [6, 6.07) is 0.302. The Morgan fingerprint density at radius 2 is 1.93 bits per heavy atom. The van der Waals surface area contributed by atoms with E-state index < -0.39 is 0 Å². The molecule has 1 aromatic heterocycles. The molecule has 146 valence electrons. The lowest BCUT2D eigenvalue weighted by Gasteiger charge is -2.31. The highest BCUT2D eigenvalue weighted by atomic mass is 32.1. The second-order valence-corrected chi connectivity index (χ2v) is 9.96. The highest BCUT2D eigenvalue weighted by Gasteiger charge is 2.39. The number of hydrogen-bond acceptors (Lipinski definition) is 5. The van der Waals surface area contributed by atoms with Crippen LogP contribution < -0.4 is 5.32 Å². The largest absolute Gasteiger partial charge is 0.339 e. The van der Waals surface area contributed by atoms with Crippen LogP contribution in [0, 0.1) is 11.3 Å². The van der Waals surface area contributed by atoms with Crippen molar-refractivity contribution in [3.8, 4) is 0 Å². The van der Waals surface area contributed by atoms with Crippen LogP contribution in [-0.4, -0.2) is 40.1 Å². The first-order valence-corrected chi connectivity index (χ1v) is 10.8. The number of rotatable bonds is 3. The number of nitrogens with one attached hydrogen (secondary N) is 1. The van der Waals surface area contributed by atoms with Gasteiger partial charge in [0.2, 0.25) is 11.8 Å². The van der Waals surface area contributed by atoms with Crippen molar-refractivity contribution in [2.45, 2.75) is 71.3 Å². The van der Waals surface area contributed by atoms with Gasteiger partial charge in [0.25, 0.3) is 0 Å². The van der Waals surface area contributed by atoms with Crippen molar-refractivity contribution < 1.29 is 14.4 Å². The van der Waals surface area contributed by atoms with E-state index in [1.165, 1.54) is 30.6 Å². The van der Waals surface area contributed by atoms with Gasteiger partial charge in [-0.15, -0.1) is 0 Å². The van der Waals surface area contributed by atoms with Crippen molar-refractivity contribution in [3.63, 3.8) is 0 Å². The Morgan fingerprint density at radius 1 is 1.19 bits per heavy atom. The van der Waals surface area contributed by atoms with Gasteiger partial charge in [0.1, 0.15) is 0 Å². The average molecular weight is 390 g/mol. The lowest BCUT2D eigenvalue weighted by Crippen LogP contribution is -2.38. The highest BCUT2D eigenvalue weighted by molar-refractivity contribution is 7.17. The van der Waals surface area contributed by atoms with Gasteiger partial charge in [0, 0.05) is 25.4 Å². The summed E-state index contributed by atoms with van der Waals surface area (Å²) in [7, 11) is 0. The molecule has 0 unspecified atom stereocenters. The smallest absolute Gasteiger partial charge is 0.231 e. The molecule has 27 heavy (non-hydrogen) atoms. The Bertz CT molecular complexity index is 779. The predicted molar refractivity (Wildman–Crippen MR) is 104 cm³/mol. The van der Waals surface area contributed by atoms with Crippen LogP contribution in [0.3, 0.4) is 0 Å². The summed E-state index contributed by atoms with van der Waals surface area (Å²) in [5.74, 6) is -0.275. The highest BCUT2D eigenvalue weighted by Crippen LogP contribution is 2.38. The van der Waals surface area contributed by atoms with Crippen molar-refractivity contribution in [1.82, 2.24) is 9.88 Å². The number of Topliss-reactive ketones (excluding diaryl/α,β-unsaturated/α-hetero) is 1. The maximum atomic E-state index is 12.7. The van der Waals surface area contributed by atoms with Gasteiger partial charge < -0.3 is 10.2 Å². The van der Waals surface area contributed by atoms with E-state index in [0.717, 1.165) is 25.0 Å². The molecule has 1 atom stereocenters. The van der Waals surface area contributed by atoms with Gasteiger partial charge in [0.15, 0.2) is 10.9 Å². The second kappa shape index (κ2) is 7.00. The molecule has 2 aliphatic carbocycles. The Balaban J connectivity index is 1.41. The Hall–Kier alpha value is -1.76. The molecule has 0 spiro atoms. The fourth-order valence-corrected chi connectivity index (χ4v) is 5.56. The average Bonchev–Trinajstić information content (AvgIpc) is 3.18. The number of carbonyl (C=O) groups is 3. The van der Waals surface area contributed by atoms with E-state index in [0.29, 0.717) is 29.0 Å². The molecule has 3 aliphatic rings. The second-order valence-electron chi connectivity index (χ2n) is 8.96. The zero-order valence-corrected chi connectivity index (χ0v) is 16.9. The summed E-state index contributed by atoms with van der Waals surface area (Å²) in [5, 5.41) is 3.36. The summed E-state index contributed by atoms with van der Waals surface area (Å²) >= 11 is 1.27. The van der Waals surface area contributed by atoms with E-state index in [4.69, 9.17) is 0 Å². The molecular weight excluding hydrogens is 362 g/mol. The van der Waals surface area contributed by atoms with Crippen LogP contribution in [0.25, 0.3) is 0 Å². The third-order valence-corrected chi connectivity index (χ3v) is 7.06. The van der Waals surface area contributed by atoms with Gasteiger partial charge in [-0.3, -0.25) is 14.4 Å². The maximum absolute atomic E-state index is 12.7. The zero-order valence-electron chi connectivity index (χ0n) is 16.0. The molecule has 6 nitrogen and oxygen atoms in total. The van der Waals surface area contributed by atoms with Crippen LogP contribution in [0.2, 0.25) is 0 Å². The number of thiazole rings is 1. The topological polar surface area (TPSA) is 79.4 Å². The maximum Gasteiger partial charge on any atom is 0.231 e. The van der Waals surface area contributed by atoms with Crippen molar-refractivity contribution in [2.75, 3.05) is 11.9 Å². The summed E-state index contributed by atoms with van der Waals surface area (Å²) in [4.78, 5) is 44.5.